The van der Waals surface area contributed by atoms with Gasteiger partial charge in [0.25, 0.3) is 0 Å². The first-order valence-electron chi connectivity index (χ1n) is 5.77. The van der Waals surface area contributed by atoms with Crippen LogP contribution in [0.3, 0.4) is 0 Å². The fourth-order valence-electron chi connectivity index (χ4n) is 1.45. The molecule has 0 heterocycles. The van der Waals surface area contributed by atoms with Gasteiger partial charge in [0, 0.05) is 11.0 Å². The van der Waals surface area contributed by atoms with Gasteiger partial charge in [0.05, 0.1) is 11.3 Å². The molecule has 0 aliphatic rings. The largest absolute Gasteiger partial charge is 0.478 e. The Morgan fingerprint density at radius 3 is 2.68 bits per heavy atom. The lowest BCUT2D eigenvalue weighted by Crippen LogP contribution is -2.31. The van der Waals surface area contributed by atoms with E-state index < -0.39 is 12.0 Å². The van der Waals surface area contributed by atoms with E-state index in [2.05, 4.69) is 31.9 Å². The molecule has 0 unspecified atom stereocenters. The van der Waals surface area contributed by atoms with Crippen molar-refractivity contribution in [1.82, 2.24) is 10.6 Å². The second-order valence-electron chi connectivity index (χ2n) is 3.81. The van der Waals surface area contributed by atoms with Crippen LogP contribution in [0.4, 0.5) is 10.5 Å². The molecule has 0 atom stereocenters. The first-order chi connectivity index (χ1) is 9.06. The number of carbonyl (C=O) groups excluding carboxylic acids is 1. The molecular weight excluding hydrogens is 314 g/mol. The molecular formula is C12H16BrN3O3. The van der Waals surface area contributed by atoms with Gasteiger partial charge in [-0.2, -0.15) is 0 Å². The summed E-state index contributed by atoms with van der Waals surface area (Å²) in [7, 11) is 1.83. The summed E-state index contributed by atoms with van der Waals surface area (Å²) in [6, 6.07) is 4.28. The molecule has 1 rings (SSSR count). The van der Waals surface area contributed by atoms with Crippen molar-refractivity contribution >= 4 is 33.6 Å². The van der Waals surface area contributed by atoms with Crippen LogP contribution in [0.25, 0.3) is 0 Å². The van der Waals surface area contributed by atoms with E-state index in [-0.39, 0.29) is 11.3 Å². The monoisotopic (exact) mass is 329 g/mol. The minimum Gasteiger partial charge on any atom is -0.478 e. The second-order valence-corrected chi connectivity index (χ2v) is 4.66. The average molecular weight is 330 g/mol. The third-order valence-corrected chi connectivity index (χ3v) is 3.03. The van der Waals surface area contributed by atoms with Crippen LogP contribution in [0.2, 0.25) is 0 Å². The summed E-state index contributed by atoms with van der Waals surface area (Å²) < 4.78 is 0.526. The quantitative estimate of drug-likeness (QED) is 0.600. The first-order valence-corrected chi connectivity index (χ1v) is 6.56. The summed E-state index contributed by atoms with van der Waals surface area (Å²) in [6.07, 6.45) is 0.797. The zero-order valence-electron chi connectivity index (χ0n) is 10.5. The van der Waals surface area contributed by atoms with Crippen LogP contribution < -0.4 is 16.0 Å². The SMILES string of the molecule is CNCCCNC(=O)Nc1c(Br)cccc1C(=O)O. The molecule has 0 radical (unpaired) electrons. The molecule has 4 N–H and O–H groups in total. The van der Waals surface area contributed by atoms with Crippen LogP contribution in [-0.4, -0.2) is 37.2 Å². The average Bonchev–Trinajstić information content (AvgIpc) is 2.37. The Morgan fingerprint density at radius 2 is 2.05 bits per heavy atom. The molecule has 6 nitrogen and oxygen atoms in total. The molecule has 0 aliphatic carbocycles. The molecule has 0 saturated carbocycles. The van der Waals surface area contributed by atoms with Gasteiger partial charge >= 0.3 is 12.0 Å². The van der Waals surface area contributed by atoms with Crippen LogP contribution in [-0.2, 0) is 0 Å². The Bertz CT molecular complexity index is 466. The third kappa shape index (κ3) is 4.88. The van der Waals surface area contributed by atoms with Gasteiger partial charge in [0.1, 0.15) is 0 Å². The van der Waals surface area contributed by atoms with Crippen molar-refractivity contribution < 1.29 is 14.7 Å². The van der Waals surface area contributed by atoms with E-state index in [0.717, 1.165) is 13.0 Å². The Labute approximate surface area is 119 Å². The number of hydrogen-bond donors (Lipinski definition) is 4. The second kappa shape index (κ2) is 7.75. The molecule has 0 bridgehead atoms. The van der Waals surface area contributed by atoms with Crippen molar-refractivity contribution in [1.29, 1.82) is 0 Å². The fourth-order valence-corrected chi connectivity index (χ4v) is 1.92. The lowest BCUT2D eigenvalue weighted by atomic mass is 10.2. The Hall–Kier alpha value is -1.60. The van der Waals surface area contributed by atoms with Gasteiger partial charge in [-0.1, -0.05) is 6.07 Å². The summed E-state index contributed by atoms with van der Waals surface area (Å²) >= 11 is 3.22. The number of benzene rings is 1. The standard InChI is InChI=1S/C12H16BrN3O3/c1-14-6-3-7-15-12(19)16-10-8(11(17)18)4-2-5-9(10)13/h2,4-5,14H,3,6-7H2,1H3,(H,17,18)(H2,15,16,19). The Kier molecular flexibility index (Phi) is 6.31. The van der Waals surface area contributed by atoms with E-state index in [9.17, 15) is 9.59 Å². The number of urea groups is 1. The zero-order valence-corrected chi connectivity index (χ0v) is 12.1. The van der Waals surface area contributed by atoms with Crippen molar-refractivity contribution in [2.75, 3.05) is 25.5 Å². The summed E-state index contributed by atoms with van der Waals surface area (Å²) in [6.45, 7) is 1.31. The maximum absolute atomic E-state index is 11.6. The van der Waals surface area contributed by atoms with E-state index >= 15 is 0 Å². The van der Waals surface area contributed by atoms with Crippen LogP contribution in [0.1, 0.15) is 16.8 Å². The van der Waals surface area contributed by atoms with E-state index in [1.54, 1.807) is 12.1 Å². The summed E-state index contributed by atoms with van der Waals surface area (Å²) in [5, 5.41) is 17.2. The lowest BCUT2D eigenvalue weighted by molar-refractivity contribution is 0.0698. The predicted molar refractivity (Wildman–Crippen MR) is 76.7 cm³/mol. The fraction of sp³-hybridized carbons (Fsp3) is 0.333. The number of aromatic carboxylic acids is 1. The van der Waals surface area contributed by atoms with Gasteiger partial charge < -0.3 is 21.1 Å². The lowest BCUT2D eigenvalue weighted by Gasteiger charge is -2.11. The molecule has 0 spiro atoms. The van der Waals surface area contributed by atoms with E-state index in [0.29, 0.717) is 11.0 Å². The molecule has 0 fully saturated rings. The van der Waals surface area contributed by atoms with E-state index in [1.165, 1.54) is 6.07 Å². The van der Waals surface area contributed by atoms with Crippen LogP contribution in [0.5, 0.6) is 0 Å². The van der Waals surface area contributed by atoms with E-state index in [1.807, 2.05) is 7.05 Å². The number of rotatable bonds is 6. The van der Waals surface area contributed by atoms with Crippen molar-refractivity contribution in [3.05, 3.63) is 28.2 Å². The number of hydrogen-bond acceptors (Lipinski definition) is 3. The van der Waals surface area contributed by atoms with E-state index in [4.69, 9.17) is 5.11 Å². The number of carboxylic acids is 1. The minimum absolute atomic E-state index is 0.0414. The van der Waals surface area contributed by atoms with Gasteiger partial charge in [-0.15, -0.1) is 0 Å². The molecule has 104 valence electrons. The summed E-state index contributed by atoms with van der Waals surface area (Å²) in [5.41, 5.74) is 0.292. The van der Waals surface area contributed by atoms with Crippen molar-refractivity contribution in [2.45, 2.75) is 6.42 Å². The number of para-hydroxylation sites is 1. The molecule has 19 heavy (non-hydrogen) atoms. The Balaban J connectivity index is 2.66. The number of carboxylic acid groups (broad SMARTS) is 1. The van der Waals surface area contributed by atoms with Gasteiger partial charge in [-0.05, 0) is 48.1 Å². The number of anilines is 1. The highest BCUT2D eigenvalue weighted by Crippen LogP contribution is 2.26. The normalized spacial score (nSPS) is 10.0. The molecule has 0 aliphatic heterocycles. The van der Waals surface area contributed by atoms with Crippen molar-refractivity contribution in [2.24, 2.45) is 0 Å². The topological polar surface area (TPSA) is 90.5 Å². The summed E-state index contributed by atoms with van der Waals surface area (Å²) in [4.78, 5) is 22.7. The molecule has 2 amide bonds. The van der Waals surface area contributed by atoms with Crippen LogP contribution >= 0.6 is 15.9 Å². The van der Waals surface area contributed by atoms with Crippen molar-refractivity contribution in [3.8, 4) is 0 Å². The van der Waals surface area contributed by atoms with Gasteiger partial charge in [0.2, 0.25) is 0 Å². The smallest absolute Gasteiger partial charge is 0.337 e. The first kappa shape index (κ1) is 15.5. The highest BCUT2D eigenvalue weighted by atomic mass is 79.9. The molecule has 7 heteroatoms. The van der Waals surface area contributed by atoms with Gasteiger partial charge in [0.15, 0.2) is 0 Å². The van der Waals surface area contributed by atoms with Gasteiger partial charge in [-0.25, -0.2) is 9.59 Å². The number of amides is 2. The zero-order chi connectivity index (χ0) is 14.3. The number of nitrogens with one attached hydrogen (secondary N) is 3. The molecule has 0 saturated heterocycles. The van der Waals surface area contributed by atoms with Gasteiger partial charge in [-0.3, -0.25) is 0 Å². The number of carbonyl (C=O) groups is 2. The summed E-state index contributed by atoms with van der Waals surface area (Å²) in [5.74, 6) is -1.09. The van der Waals surface area contributed by atoms with Crippen LogP contribution in [0, 0.1) is 0 Å². The third-order valence-electron chi connectivity index (χ3n) is 2.37. The highest BCUT2D eigenvalue weighted by Gasteiger charge is 2.14. The maximum atomic E-state index is 11.6. The van der Waals surface area contributed by atoms with Crippen molar-refractivity contribution in [3.63, 3.8) is 0 Å². The Morgan fingerprint density at radius 1 is 1.32 bits per heavy atom. The number of halogens is 1. The molecule has 1 aromatic carbocycles. The predicted octanol–water partition coefficient (Wildman–Crippen LogP) is 1.88. The maximum Gasteiger partial charge on any atom is 0.337 e. The molecule has 1 aromatic rings. The minimum atomic E-state index is -1.09. The molecule has 0 aromatic heterocycles. The highest BCUT2D eigenvalue weighted by molar-refractivity contribution is 9.10. The van der Waals surface area contributed by atoms with Crippen LogP contribution in [0.15, 0.2) is 22.7 Å².